The molecule has 0 saturated heterocycles. The second-order valence-electron chi connectivity index (χ2n) is 11.9. The van der Waals surface area contributed by atoms with E-state index in [-0.39, 0.29) is 30.3 Å². The molecule has 0 unspecified atom stereocenters. The monoisotopic (exact) mass is 692 g/mol. The molecule has 0 bridgehead atoms. The Balaban J connectivity index is 1.64. The van der Waals surface area contributed by atoms with Crippen molar-refractivity contribution in [3.63, 3.8) is 0 Å². The molecule has 2 nitrogen and oxygen atoms in total. The van der Waals surface area contributed by atoms with Crippen LogP contribution in [0.4, 0.5) is 35.1 Å². The fourth-order valence-electron chi connectivity index (χ4n) is 4.71. The Bertz CT molecular complexity index is 1620. The van der Waals surface area contributed by atoms with Crippen LogP contribution in [0.2, 0.25) is 0 Å². The van der Waals surface area contributed by atoms with Gasteiger partial charge >= 0.3 is 0 Å². The van der Waals surface area contributed by atoms with E-state index in [0.29, 0.717) is 12.8 Å². The van der Waals surface area contributed by atoms with Crippen molar-refractivity contribution in [3.8, 4) is 35.2 Å². The van der Waals surface area contributed by atoms with Crippen LogP contribution in [0.25, 0.3) is 0 Å². The second kappa shape index (κ2) is 19.7. The lowest BCUT2D eigenvalue weighted by molar-refractivity contribution is 0.227. The van der Waals surface area contributed by atoms with Gasteiger partial charge in [-0.15, -0.1) is 0 Å². The fourth-order valence-corrected chi connectivity index (χ4v) is 4.71. The van der Waals surface area contributed by atoms with E-state index in [4.69, 9.17) is 9.47 Å². The van der Waals surface area contributed by atoms with Crippen LogP contribution < -0.4 is 9.47 Å². The topological polar surface area (TPSA) is 18.5 Å². The largest absolute Gasteiger partial charge is 0.487 e. The summed E-state index contributed by atoms with van der Waals surface area (Å²) in [5, 5.41) is 0. The highest BCUT2D eigenvalue weighted by Crippen LogP contribution is 2.31. The number of unbranched alkanes of at least 4 members (excludes halogenated alkanes) is 9. The number of halogens is 8. The van der Waals surface area contributed by atoms with Gasteiger partial charge in [-0.2, -0.15) is 17.6 Å². The van der Waals surface area contributed by atoms with Gasteiger partial charge < -0.3 is 9.47 Å². The lowest BCUT2D eigenvalue weighted by Gasteiger charge is -2.13. The minimum Gasteiger partial charge on any atom is -0.487 e. The number of hydrogen-bond donors (Lipinski definition) is 0. The summed E-state index contributed by atoms with van der Waals surface area (Å²) in [5.41, 5.74) is -1.98. The van der Waals surface area contributed by atoms with Crippen LogP contribution in [0.1, 0.15) is 114 Å². The zero-order chi connectivity index (χ0) is 35.9. The maximum atomic E-state index is 14.7. The van der Waals surface area contributed by atoms with Crippen LogP contribution in [0.3, 0.4) is 0 Å². The van der Waals surface area contributed by atoms with Gasteiger partial charge in [-0.25, -0.2) is 17.6 Å². The van der Waals surface area contributed by atoms with E-state index >= 15 is 0 Å². The molecule has 0 aliphatic heterocycles. The first kappa shape index (κ1) is 39.3. The predicted molar refractivity (Wildman–Crippen MR) is 173 cm³/mol. The molecule has 0 amide bonds. The molecule has 0 fully saturated rings. The Morgan fingerprint density at radius 3 is 1.24 bits per heavy atom. The van der Waals surface area contributed by atoms with E-state index in [1.54, 1.807) is 6.92 Å². The molecule has 0 N–H and O–H groups in total. The van der Waals surface area contributed by atoms with Gasteiger partial charge in [-0.05, 0) is 36.6 Å². The molecule has 0 radical (unpaired) electrons. The summed E-state index contributed by atoms with van der Waals surface area (Å²) in [6.45, 7) is 5.46. The molecular formula is C39H40F8O2. The molecule has 3 rings (SSSR count). The highest BCUT2D eigenvalue weighted by atomic mass is 19.2. The van der Waals surface area contributed by atoms with Gasteiger partial charge in [0.15, 0.2) is 34.8 Å². The van der Waals surface area contributed by atoms with Crippen molar-refractivity contribution in [2.24, 2.45) is 5.92 Å². The van der Waals surface area contributed by atoms with Gasteiger partial charge in [0.2, 0.25) is 23.3 Å². The van der Waals surface area contributed by atoms with Gasteiger partial charge in [-0.3, -0.25) is 0 Å². The molecule has 0 spiro atoms. The summed E-state index contributed by atoms with van der Waals surface area (Å²) in [6, 6.07) is 5.23. The third kappa shape index (κ3) is 10.9. The van der Waals surface area contributed by atoms with E-state index < -0.39 is 69.2 Å². The van der Waals surface area contributed by atoms with Crippen LogP contribution in [0.5, 0.6) is 11.5 Å². The number of rotatable bonds is 16. The Morgan fingerprint density at radius 2 is 0.857 bits per heavy atom. The zero-order valence-corrected chi connectivity index (χ0v) is 27.9. The first-order chi connectivity index (χ1) is 23.5. The molecule has 49 heavy (non-hydrogen) atoms. The van der Waals surface area contributed by atoms with Crippen molar-refractivity contribution in [1.29, 1.82) is 0 Å². The molecule has 0 aliphatic carbocycles. The molecule has 0 aromatic heterocycles. The van der Waals surface area contributed by atoms with Gasteiger partial charge in [0.05, 0.1) is 13.2 Å². The van der Waals surface area contributed by atoms with Crippen molar-refractivity contribution in [2.75, 3.05) is 13.2 Å². The maximum absolute atomic E-state index is 14.7. The molecular weight excluding hydrogens is 652 g/mol. The minimum absolute atomic E-state index is 0.106. The normalized spacial score (nSPS) is 11.4. The summed E-state index contributed by atoms with van der Waals surface area (Å²) in [4.78, 5) is 0. The molecule has 10 heteroatoms. The quantitative estimate of drug-likeness (QED) is 0.0644. The molecule has 0 heterocycles. The Morgan fingerprint density at radius 1 is 0.490 bits per heavy atom. The van der Waals surface area contributed by atoms with Crippen molar-refractivity contribution >= 4 is 0 Å². The van der Waals surface area contributed by atoms with E-state index in [1.165, 1.54) is 56.4 Å². The average Bonchev–Trinajstić information content (AvgIpc) is 3.10. The van der Waals surface area contributed by atoms with Crippen LogP contribution in [-0.2, 0) is 0 Å². The predicted octanol–water partition coefficient (Wildman–Crippen LogP) is 11.3. The van der Waals surface area contributed by atoms with Crippen LogP contribution in [-0.4, -0.2) is 13.2 Å². The third-order valence-corrected chi connectivity index (χ3v) is 7.95. The number of ether oxygens (including phenoxy) is 2. The van der Waals surface area contributed by atoms with Gasteiger partial charge in [-0.1, -0.05) is 109 Å². The highest BCUT2D eigenvalue weighted by Gasteiger charge is 2.27. The molecule has 264 valence electrons. The van der Waals surface area contributed by atoms with Gasteiger partial charge in [0.1, 0.15) is 11.1 Å². The molecule has 3 aromatic rings. The summed E-state index contributed by atoms with van der Waals surface area (Å²) in [5.74, 6) is -7.15. The van der Waals surface area contributed by atoms with Gasteiger partial charge in [0, 0.05) is 11.1 Å². The van der Waals surface area contributed by atoms with Gasteiger partial charge in [0.25, 0.3) is 0 Å². The van der Waals surface area contributed by atoms with Crippen molar-refractivity contribution < 1.29 is 44.6 Å². The van der Waals surface area contributed by atoms with Crippen LogP contribution in [0.15, 0.2) is 24.3 Å². The Kier molecular flexibility index (Phi) is 15.8. The summed E-state index contributed by atoms with van der Waals surface area (Å²) >= 11 is 0. The van der Waals surface area contributed by atoms with E-state index in [9.17, 15) is 35.1 Å². The van der Waals surface area contributed by atoms with Crippen molar-refractivity contribution in [1.82, 2.24) is 0 Å². The Hall–Kier alpha value is -4.18. The minimum atomic E-state index is -1.72. The summed E-state index contributed by atoms with van der Waals surface area (Å²) < 4.78 is 127. The number of hydrogen-bond acceptors (Lipinski definition) is 2. The first-order valence-corrected chi connectivity index (χ1v) is 16.6. The SMILES string of the molecule is CCCCCCCCCCCCOc1c(F)c(F)c(C#Cc2ccc(C#Cc3c(F)c(F)c(OC[C@@H](C)CC)c(F)c3F)cc2)c(F)c1F. The van der Waals surface area contributed by atoms with E-state index in [1.807, 2.05) is 6.92 Å². The van der Waals surface area contributed by atoms with E-state index in [0.717, 1.165) is 25.7 Å². The lowest BCUT2D eigenvalue weighted by Crippen LogP contribution is -2.12. The highest BCUT2D eigenvalue weighted by molar-refractivity contribution is 5.51. The third-order valence-electron chi connectivity index (χ3n) is 7.95. The molecule has 0 saturated carbocycles. The smallest absolute Gasteiger partial charge is 0.205 e. The Labute approximate surface area is 283 Å². The fraction of sp³-hybridized carbons (Fsp3) is 0.436. The van der Waals surface area contributed by atoms with Crippen LogP contribution in [0, 0.1) is 76.1 Å². The molecule has 0 aliphatic rings. The standard InChI is InChI=1S/C39H40F8O2/c1-4-6-7-8-9-10-11-12-13-14-23-48-38-34(44)30(40)28(31(41)35(38)45)21-19-26-15-17-27(18-16-26)20-22-29-32(42)36(46)39(37(47)33(29)43)49-24-25(3)5-2/h15-18,25H,4-14,23-24H2,1-3H3/t25-/m0/s1. The zero-order valence-electron chi connectivity index (χ0n) is 27.9. The average molecular weight is 693 g/mol. The number of benzene rings is 3. The second-order valence-corrected chi connectivity index (χ2v) is 11.9. The molecule has 1 atom stereocenters. The first-order valence-electron chi connectivity index (χ1n) is 16.6. The van der Waals surface area contributed by atoms with Crippen molar-refractivity contribution in [2.45, 2.75) is 91.4 Å². The van der Waals surface area contributed by atoms with Crippen LogP contribution >= 0.6 is 0 Å². The summed E-state index contributed by atoms with van der Waals surface area (Å²) in [6.07, 6.45) is 11.0. The lowest BCUT2D eigenvalue weighted by atomic mass is 10.1. The molecule has 3 aromatic carbocycles. The van der Waals surface area contributed by atoms with E-state index in [2.05, 4.69) is 30.6 Å². The van der Waals surface area contributed by atoms with Crippen molar-refractivity contribution in [3.05, 3.63) is 93.1 Å². The maximum Gasteiger partial charge on any atom is 0.205 e. The summed E-state index contributed by atoms with van der Waals surface area (Å²) in [7, 11) is 0.